The zero-order valence-corrected chi connectivity index (χ0v) is 9.04. The van der Waals surface area contributed by atoms with Gasteiger partial charge in [-0.25, -0.2) is 0 Å². The van der Waals surface area contributed by atoms with Gasteiger partial charge in [0, 0.05) is 12.0 Å². The second-order valence-corrected chi connectivity index (χ2v) is 3.53. The molecule has 7 heteroatoms. The molecule has 0 aromatic heterocycles. The van der Waals surface area contributed by atoms with Gasteiger partial charge in [-0.05, 0) is 12.1 Å². The van der Waals surface area contributed by atoms with Gasteiger partial charge in [0.2, 0.25) is 5.91 Å². The van der Waals surface area contributed by atoms with Crippen LogP contribution in [-0.2, 0) is 4.79 Å². The van der Waals surface area contributed by atoms with Crippen molar-refractivity contribution in [2.75, 3.05) is 0 Å². The molecule has 0 saturated heterocycles. The molecule has 1 rings (SSSR count). The van der Waals surface area contributed by atoms with E-state index in [0.717, 1.165) is 0 Å². The largest absolute Gasteiger partial charge is 0.476 e. The summed E-state index contributed by atoms with van der Waals surface area (Å²) < 4.78 is 0. The molecule has 0 unspecified atom stereocenters. The van der Waals surface area contributed by atoms with Crippen molar-refractivity contribution in [3.63, 3.8) is 0 Å². The Kier molecular flexibility index (Phi) is 4.68. The monoisotopic (exact) mass is 236 g/mol. The third-order valence-electron chi connectivity index (χ3n) is 2.13. The first kappa shape index (κ1) is 13.2. The maximum atomic E-state index is 11.7. The molecule has 0 heterocycles. The van der Waals surface area contributed by atoms with Crippen molar-refractivity contribution in [2.45, 2.75) is 12.4 Å². The van der Waals surface area contributed by atoms with Crippen LogP contribution in [-0.4, -0.2) is 34.9 Å². The number of hydrogen-bond acceptors (Lipinski definition) is 4. The third kappa shape index (κ3) is 4.25. The number of amides is 2. The lowest BCUT2D eigenvalue weighted by Crippen LogP contribution is -2.48. The average molecular weight is 236 g/mol. The van der Waals surface area contributed by atoms with Crippen LogP contribution in [0.15, 0.2) is 30.3 Å². The first-order valence-corrected chi connectivity index (χ1v) is 5.01. The minimum Gasteiger partial charge on any atom is -0.426 e. The Bertz CT molecular complexity index is 397. The zero-order valence-electron chi connectivity index (χ0n) is 9.04. The molecule has 5 N–H and O–H groups in total. The summed E-state index contributed by atoms with van der Waals surface area (Å²) in [5.74, 6) is -2.33. The van der Waals surface area contributed by atoms with Gasteiger partial charge in [0.15, 0.2) is 0 Å². The molecule has 0 aliphatic rings. The molecular weight excluding hydrogens is 223 g/mol. The lowest BCUT2D eigenvalue weighted by atomic mass is 9.77. The number of nitrogens with two attached hydrogens (primary N) is 1. The van der Waals surface area contributed by atoms with Crippen LogP contribution in [0.5, 0.6) is 0 Å². The average Bonchev–Trinajstić information content (AvgIpc) is 2.28. The standard InChI is InChI=1S/C10H13BN2O4/c12-9(14)6-8(11(16)17)13-10(15)7-4-2-1-3-5-7/h1-5,8,16-17H,6H2,(H2,12,14)(H,13,15)/t8-/m1/s1. The number of benzene rings is 1. The fourth-order valence-electron chi connectivity index (χ4n) is 1.29. The molecule has 0 fully saturated rings. The van der Waals surface area contributed by atoms with Gasteiger partial charge < -0.3 is 21.1 Å². The van der Waals surface area contributed by atoms with E-state index < -0.39 is 24.9 Å². The number of hydrogen-bond donors (Lipinski definition) is 4. The summed E-state index contributed by atoms with van der Waals surface area (Å²) in [5.41, 5.74) is 5.30. The summed E-state index contributed by atoms with van der Waals surface area (Å²) in [6, 6.07) is 8.24. The highest BCUT2D eigenvalue weighted by Gasteiger charge is 2.27. The van der Waals surface area contributed by atoms with E-state index in [1.54, 1.807) is 30.3 Å². The Morgan fingerprint density at radius 3 is 2.35 bits per heavy atom. The van der Waals surface area contributed by atoms with Crippen molar-refractivity contribution < 1.29 is 19.6 Å². The second-order valence-electron chi connectivity index (χ2n) is 3.53. The van der Waals surface area contributed by atoms with Gasteiger partial charge in [-0.15, -0.1) is 0 Å². The van der Waals surface area contributed by atoms with E-state index in [-0.39, 0.29) is 6.42 Å². The van der Waals surface area contributed by atoms with E-state index in [2.05, 4.69) is 5.32 Å². The van der Waals surface area contributed by atoms with Gasteiger partial charge in [0.05, 0.1) is 5.94 Å². The molecule has 1 atom stereocenters. The number of primary amides is 1. The van der Waals surface area contributed by atoms with Crippen LogP contribution in [0.1, 0.15) is 16.8 Å². The van der Waals surface area contributed by atoms with Gasteiger partial charge in [-0.1, -0.05) is 18.2 Å². The van der Waals surface area contributed by atoms with Crippen molar-refractivity contribution in [2.24, 2.45) is 5.73 Å². The molecule has 0 spiro atoms. The molecule has 6 nitrogen and oxygen atoms in total. The quantitative estimate of drug-likeness (QED) is 0.474. The summed E-state index contributed by atoms with van der Waals surface area (Å²) in [5, 5.41) is 20.3. The Labute approximate surface area is 98.6 Å². The van der Waals surface area contributed by atoms with Crippen LogP contribution in [0.4, 0.5) is 0 Å². The molecule has 2 amide bonds. The molecule has 0 saturated carbocycles. The third-order valence-corrected chi connectivity index (χ3v) is 2.13. The number of rotatable bonds is 5. The summed E-state index contributed by atoms with van der Waals surface area (Å²) in [6.45, 7) is 0. The highest BCUT2D eigenvalue weighted by Crippen LogP contribution is 2.01. The van der Waals surface area contributed by atoms with Crippen molar-refractivity contribution in [1.82, 2.24) is 5.32 Å². The highest BCUT2D eigenvalue weighted by atomic mass is 16.4. The van der Waals surface area contributed by atoms with Gasteiger partial charge in [-0.3, -0.25) is 9.59 Å². The van der Waals surface area contributed by atoms with Crippen molar-refractivity contribution in [1.29, 1.82) is 0 Å². The summed E-state index contributed by atoms with van der Waals surface area (Å²) in [7, 11) is -1.84. The van der Waals surface area contributed by atoms with Crippen LogP contribution in [0.3, 0.4) is 0 Å². The maximum Gasteiger partial charge on any atom is 0.476 e. The fourth-order valence-corrected chi connectivity index (χ4v) is 1.29. The molecule has 1 aromatic carbocycles. The van der Waals surface area contributed by atoms with Crippen LogP contribution in [0.25, 0.3) is 0 Å². The molecule has 90 valence electrons. The fraction of sp³-hybridized carbons (Fsp3) is 0.200. The minimum atomic E-state index is -1.84. The first-order valence-electron chi connectivity index (χ1n) is 5.01. The highest BCUT2D eigenvalue weighted by molar-refractivity contribution is 6.44. The molecule has 0 radical (unpaired) electrons. The Morgan fingerprint density at radius 2 is 1.88 bits per heavy atom. The van der Waals surface area contributed by atoms with E-state index in [1.807, 2.05) is 0 Å². The molecule has 17 heavy (non-hydrogen) atoms. The van der Waals surface area contributed by atoms with Crippen molar-refractivity contribution in [3.8, 4) is 0 Å². The molecular formula is C10H13BN2O4. The maximum absolute atomic E-state index is 11.7. The smallest absolute Gasteiger partial charge is 0.426 e. The normalized spacial score (nSPS) is 11.6. The minimum absolute atomic E-state index is 0.337. The number of carbonyl (C=O) groups is 2. The van der Waals surface area contributed by atoms with Crippen molar-refractivity contribution >= 4 is 18.9 Å². The van der Waals surface area contributed by atoms with Gasteiger partial charge in [0.1, 0.15) is 0 Å². The lowest BCUT2D eigenvalue weighted by molar-refractivity contribution is -0.118. The molecule has 0 aliphatic heterocycles. The second kappa shape index (κ2) is 6.02. The summed E-state index contributed by atoms with van der Waals surface area (Å²) >= 11 is 0. The van der Waals surface area contributed by atoms with E-state index in [9.17, 15) is 9.59 Å². The Balaban J connectivity index is 2.68. The Hall–Kier alpha value is -1.86. The van der Waals surface area contributed by atoms with Gasteiger partial charge in [-0.2, -0.15) is 0 Å². The number of nitrogens with one attached hydrogen (secondary N) is 1. The van der Waals surface area contributed by atoms with Crippen LogP contribution in [0, 0.1) is 0 Å². The predicted molar refractivity (Wildman–Crippen MR) is 61.7 cm³/mol. The SMILES string of the molecule is NC(=O)C[C@@H](NC(=O)c1ccccc1)B(O)O. The predicted octanol–water partition coefficient (Wildman–Crippen LogP) is -1.33. The molecule has 0 bridgehead atoms. The van der Waals surface area contributed by atoms with Crippen molar-refractivity contribution in [3.05, 3.63) is 35.9 Å². The first-order chi connectivity index (χ1) is 8.00. The summed E-state index contributed by atoms with van der Waals surface area (Å²) in [6.07, 6.45) is -0.337. The van der Waals surface area contributed by atoms with E-state index >= 15 is 0 Å². The topological polar surface area (TPSA) is 113 Å². The van der Waals surface area contributed by atoms with E-state index in [0.29, 0.717) is 5.56 Å². The zero-order chi connectivity index (χ0) is 12.8. The molecule has 0 aliphatic carbocycles. The van der Waals surface area contributed by atoms with E-state index in [1.165, 1.54) is 0 Å². The number of carbonyl (C=O) groups excluding carboxylic acids is 2. The Morgan fingerprint density at radius 1 is 1.29 bits per heavy atom. The lowest BCUT2D eigenvalue weighted by Gasteiger charge is -2.15. The van der Waals surface area contributed by atoms with Crippen LogP contribution >= 0.6 is 0 Å². The van der Waals surface area contributed by atoms with Gasteiger partial charge >= 0.3 is 7.12 Å². The molecule has 1 aromatic rings. The van der Waals surface area contributed by atoms with Crippen LogP contribution < -0.4 is 11.1 Å². The van der Waals surface area contributed by atoms with Crippen LogP contribution in [0.2, 0.25) is 0 Å². The summed E-state index contributed by atoms with van der Waals surface area (Å²) in [4.78, 5) is 22.3. The van der Waals surface area contributed by atoms with E-state index in [4.69, 9.17) is 15.8 Å². The van der Waals surface area contributed by atoms with Gasteiger partial charge in [0.25, 0.3) is 5.91 Å².